The number of carbonyl (C=O) groups excluding carboxylic acids is 2. The van der Waals surface area contributed by atoms with Gasteiger partial charge in [0.1, 0.15) is 6.61 Å². The Hall–Kier alpha value is -1.92. The van der Waals surface area contributed by atoms with E-state index in [2.05, 4.69) is 24.4 Å². The zero-order chi connectivity index (χ0) is 19.4. The predicted molar refractivity (Wildman–Crippen MR) is 102 cm³/mol. The normalized spacial score (nSPS) is 12.5. The highest BCUT2D eigenvalue weighted by Crippen LogP contribution is 2.32. The van der Waals surface area contributed by atoms with Crippen LogP contribution in [0, 0.1) is 5.41 Å². The molecule has 26 heavy (non-hydrogen) atoms. The van der Waals surface area contributed by atoms with Crippen LogP contribution in [0.4, 0.5) is 0 Å². The van der Waals surface area contributed by atoms with Gasteiger partial charge in [0.15, 0.2) is 0 Å². The molecule has 0 spiro atoms. The molecular weight excluding hydrogens is 332 g/mol. The van der Waals surface area contributed by atoms with E-state index < -0.39 is 5.41 Å². The van der Waals surface area contributed by atoms with E-state index in [0.717, 1.165) is 0 Å². The first-order valence-corrected chi connectivity index (χ1v) is 9.13. The number of amides is 1. The molecule has 1 unspecified atom stereocenters. The van der Waals surface area contributed by atoms with Gasteiger partial charge in [0.05, 0.1) is 25.2 Å². The molecule has 0 fully saturated rings. The summed E-state index contributed by atoms with van der Waals surface area (Å²) in [7, 11) is 0. The van der Waals surface area contributed by atoms with Crippen LogP contribution in [0.5, 0.6) is 0 Å². The Morgan fingerprint density at radius 3 is 2.50 bits per heavy atom. The second kappa shape index (κ2) is 11.6. The van der Waals surface area contributed by atoms with Gasteiger partial charge in [0.25, 0.3) is 0 Å². The van der Waals surface area contributed by atoms with E-state index in [4.69, 9.17) is 15.2 Å². The third-order valence-electron chi connectivity index (χ3n) is 4.13. The van der Waals surface area contributed by atoms with Gasteiger partial charge in [0.2, 0.25) is 5.91 Å². The zero-order valence-corrected chi connectivity index (χ0v) is 16.1. The predicted octanol–water partition coefficient (Wildman–Crippen LogP) is 2.23. The molecule has 146 valence electrons. The average Bonchev–Trinajstić information content (AvgIpc) is 2.62. The SMILES string of the molecule is CC(CC(C)(C)C(=O)OCCNC(=O)CCOCCN)c1ccccc1. The number of carbonyl (C=O) groups is 2. The molecule has 0 heterocycles. The largest absolute Gasteiger partial charge is 0.463 e. The van der Waals surface area contributed by atoms with E-state index in [1.807, 2.05) is 32.0 Å². The number of benzene rings is 1. The fraction of sp³-hybridized carbons (Fsp3) is 0.600. The number of nitrogens with one attached hydrogen (secondary N) is 1. The fourth-order valence-corrected chi connectivity index (χ4v) is 2.72. The highest BCUT2D eigenvalue weighted by molar-refractivity contribution is 5.77. The topological polar surface area (TPSA) is 90.6 Å². The van der Waals surface area contributed by atoms with Gasteiger partial charge in [-0.2, -0.15) is 0 Å². The van der Waals surface area contributed by atoms with Crippen molar-refractivity contribution < 1.29 is 19.1 Å². The molecule has 1 aromatic carbocycles. The van der Waals surface area contributed by atoms with Crippen LogP contribution in [-0.2, 0) is 19.1 Å². The van der Waals surface area contributed by atoms with Gasteiger partial charge >= 0.3 is 5.97 Å². The number of hydrogen-bond acceptors (Lipinski definition) is 5. The molecule has 0 bridgehead atoms. The van der Waals surface area contributed by atoms with Crippen molar-refractivity contribution in [2.75, 3.05) is 32.9 Å². The quantitative estimate of drug-likeness (QED) is 0.438. The second-order valence-corrected chi connectivity index (χ2v) is 7.04. The minimum absolute atomic E-state index is 0.130. The molecule has 0 saturated carbocycles. The summed E-state index contributed by atoms with van der Waals surface area (Å²) in [5.74, 6) is -0.122. The summed E-state index contributed by atoms with van der Waals surface area (Å²) >= 11 is 0. The van der Waals surface area contributed by atoms with Crippen LogP contribution in [0.3, 0.4) is 0 Å². The molecule has 0 aliphatic carbocycles. The monoisotopic (exact) mass is 364 g/mol. The van der Waals surface area contributed by atoms with E-state index >= 15 is 0 Å². The highest BCUT2D eigenvalue weighted by Gasteiger charge is 2.31. The minimum Gasteiger partial charge on any atom is -0.463 e. The Bertz CT molecular complexity index is 546. The van der Waals surface area contributed by atoms with Crippen LogP contribution in [0.15, 0.2) is 30.3 Å². The van der Waals surface area contributed by atoms with Crippen molar-refractivity contribution in [2.24, 2.45) is 11.1 Å². The van der Waals surface area contributed by atoms with Crippen molar-refractivity contribution >= 4 is 11.9 Å². The van der Waals surface area contributed by atoms with E-state index in [1.165, 1.54) is 5.56 Å². The number of hydrogen-bond donors (Lipinski definition) is 2. The summed E-state index contributed by atoms with van der Waals surface area (Å²) in [6.45, 7) is 7.58. The van der Waals surface area contributed by atoms with Gasteiger partial charge < -0.3 is 20.5 Å². The molecule has 6 nitrogen and oxygen atoms in total. The third-order valence-corrected chi connectivity index (χ3v) is 4.13. The molecule has 1 atom stereocenters. The van der Waals surface area contributed by atoms with Crippen LogP contribution in [0.2, 0.25) is 0 Å². The first kappa shape index (κ1) is 22.1. The molecule has 0 aliphatic rings. The van der Waals surface area contributed by atoms with Crippen molar-refractivity contribution in [1.29, 1.82) is 0 Å². The van der Waals surface area contributed by atoms with E-state index in [9.17, 15) is 9.59 Å². The van der Waals surface area contributed by atoms with Crippen molar-refractivity contribution in [3.8, 4) is 0 Å². The Morgan fingerprint density at radius 1 is 1.15 bits per heavy atom. The number of esters is 1. The van der Waals surface area contributed by atoms with Crippen molar-refractivity contribution in [1.82, 2.24) is 5.32 Å². The number of rotatable bonds is 12. The molecule has 3 N–H and O–H groups in total. The first-order chi connectivity index (χ1) is 12.4. The molecule has 0 saturated heterocycles. The van der Waals surface area contributed by atoms with Crippen LogP contribution >= 0.6 is 0 Å². The van der Waals surface area contributed by atoms with E-state index in [0.29, 0.717) is 32.7 Å². The van der Waals surface area contributed by atoms with E-state index in [1.54, 1.807) is 0 Å². The lowest BCUT2D eigenvalue weighted by molar-refractivity contribution is -0.154. The first-order valence-electron chi connectivity index (χ1n) is 9.13. The molecule has 0 radical (unpaired) electrons. The van der Waals surface area contributed by atoms with Crippen molar-refractivity contribution in [3.63, 3.8) is 0 Å². The van der Waals surface area contributed by atoms with Gasteiger partial charge in [-0.1, -0.05) is 37.3 Å². The van der Waals surface area contributed by atoms with Crippen LogP contribution in [0.25, 0.3) is 0 Å². The van der Waals surface area contributed by atoms with E-state index in [-0.39, 0.29) is 30.8 Å². The summed E-state index contributed by atoms with van der Waals surface area (Å²) in [6, 6.07) is 10.1. The number of ether oxygens (including phenoxy) is 2. The Morgan fingerprint density at radius 2 is 1.85 bits per heavy atom. The molecule has 1 amide bonds. The third kappa shape index (κ3) is 8.45. The molecule has 6 heteroatoms. The van der Waals surface area contributed by atoms with Crippen LogP contribution in [-0.4, -0.2) is 44.8 Å². The average molecular weight is 364 g/mol. The summed E-state index contributed by atoms with van der Waals surface area (Å²) in [4.78, 5) is 23.9. The maximum Gasteiger partial charge on any atom is 0.311 e. The van der Waals surface area contributed by atoms with Crippen molar-refractivity contribution in [2.45, 2.75) is 39.5 Å². The maximum absolute atomic E-state index is 12.4. The molecule has 0 aromatic heterocycles. The van der Waals surface area contributed by atoms with Gasteiger partial charge in [-0.3, -0.25) is 9.59 Å². The van der Waals surface area contributed by atoms with Gasteiger partial charge in [-0.05, 0) is 31.7 Å². The lowest BCUT2D eigenvalue weighted by atomic mass is 9.81. The Balaban J connectivity index is 2.27. The summed E-state index contributed by atoms with van der Waals surface area (Å²) in [5, 5.41) is 2.71. The standard InChI is InChI=1S/C20H32N2O4/c1-16(17-7-5-4-6-8-17)15-20(2,3)19(24)26-14-11-22-18(23)9-12-25-13-10-21/h4-8,16H,9-15,21H2,1-3H3,(H,22,23). The molecule has 1 aromatic rings. The van der Waals surface area contributed by atoms with Crippen LogP contribution < -0.4 is 11.1 Å². The molecule has 0 aliphatic heterocycles. The lowest BCUT2D eigenvalue weighted by Gasteiger charge is -2.26. The number of nitrogens with two attached hydrogens (primary N) is 1. The smallest absolute Gasteiger partial charge is 0.311 e. The Labute approximate surface area is 156 Å². The summed E-state index contributed by atoms with van der Waals surface area (Å²) in [5.41, 5.74) is 5.91. The zero-order valence-electron chi connectivity index (χ0n) is 16.1. The minimum atomic E-state index is -0.588. The second-order valence-electron chi connectivity index (χ2n) is 7.04. The fourth-order valence-electron chi connectivity index (χ4n) is 2.72. The maximum atomic E-state index is 12.4. The molecular formula is C20H32N2O4. The highest BCUT2D eigenvalue weighted by atomic mass is 16.5. The van der Waals surface area contributed by atoms with Crippen LogP contribution in [0.1, 0.15) is 45.1 Å². The lowest BCUT2D eigenvalue weighted by Crippen LogP contribution is -2.33. The molecule has 1 rings (SSSR count). The summed E-state index contributed by atoms with van der Waals surface area (Å²) in [6.07, 6.45) is 0.967. The van der Waals surface area contributed by atoms with Gasteiger partial charge in [0, 0.05) is 13.0 Å². The van der Waals surface area contributed by atoms with Crippen molar-refractivity contribution in [3.05, 3.63) is 35.9 Å². The summed E-state index contributed by atoms with van der Waals surface area (Å²) < 4.78 is 10.5. The van der Waals surface area contributed by atoms with Gasteiger partial charge in [-0.15, -0.1) is 0 Å². The Kier molecular flexibility index (Phi) is 9.91. The van der Waals surface area contributed by atoms with Gasteiger partial charge in [-0.25, -0.2) is 0 Å².